The van der Waals surface area contributed by atoms with Gasteiger partial charge in [0.05, 0.1) is 4.88 Å². The second kappa shape index (κ2) is 12.4. The molecule has 1 unspecified atom stereocenters. The maximum atomic E-state index is 14.2. The Morgan fingerprint density at radius 3 is 2.52 bits per heavy atom. The van der Waals surface area contributed by atoms with E-state index < -0.39 is 38.2 Å². The van der Waals surface area contributed by atoms with Crippen molar-refractivity contribution < 1.29 is 33.4 Å². The molecule has 2 aliphatic rings. The first-order valence-electron chi connectivity index (χ1n) is 13.6. The van der Waals surface area contributed by atoms with Gasteiger partial charge < -0.3 is 29.8 Å². The summed E-state index contributed by atoms with van der Waals surface area (Å²) in [6.45, 7) is 1.78. The molecule has 0 aliphatic carbocycles. The molecule has 222 valence electrons. The number of anilines is 1. The van der Waals surface area contributed by atoms with Crippen molar-refractivity contribution in [1.82, 2.24) is 15.1 Å². The van der Waals surface area contributed by atoms with E-state index in [4.69, 9.17) is 0 Å². The molecule has 0 spiro atoms. The largest absolute Gasteiger partial charge is 0.348 e. The quantitative estimate of drug-likeness (QED) is 0.365. The van der Waals surface area contributed by atoms with E-state index in [0.717, 1.165) is 11.3 Å². The number of fused-ring (bicyclic) bond motifs is 2. The molecule has 2 saturated heterocycles. The molecule has 4 atom stereocenters. The summed E-state index contributed by atoms with van der Waals surface area (Å²) in [5.74, 6) is -3.32. The lowest BCUT2D eigenvalue weighted by Gasteiger charge is -2.39. The summed E-state index contributed by atoms with van der Waals surface area (Å²) in [5, 5.41) is 3.34. The molecule has 3 heterocycles. The van der Waals surface area contributed by atoms with Gasteiger partial charge in [0.1, 0.15) is 12.1 Å². The third kappa shape index (κ3) is 6.03. The average Bonchev–Trinajstić information content (AvgIpc) is 3.60. The van der Waals surface area contributed by atoms with Gasteiger partial charge in [0.15, 0.2) is 5.91 Å². The number of benzene rings is 2. The molecule has 0 saturated carbocycles. The predicted octanol–water partition coefficient (Wildman–Crippen LogP) is 3.54. The number of alkyl halides is 1. The molecule has 3 N–H and O–H groups in total. The first kappa shape index (κ1) is 30.0. The minimum absolute atomic E-state index is 0.0340. The standard InChI is InChI=1S/C29H32FN4O6PS/c1-17(35)33-13-12-21-9-10-23(29(38)32(2)20-6-4-3-5-7-20)34(21)28(37)22(16-33)31-27(36)25-15-19-14-18(26(30)41(39)40)8-11-24(19)42-25/h3-8,11,14-15,21-23,26,39-40H,9-10,12-13,16H2,1-2H3,(H,31,36)/t21-,22+,23+,26?/m1/s1. The normalized spacial score (nSPS) is 21.6. The Morgan fingerprint density at radius 2 is 1.83 bits per heavy atom. The van der Waals surface area contributed by atoms with Gasteiger partial charge in [-0.1, -0.05) is 24.3 Å². The van der Waals surface area contributed by atoms with Gasteiger partial charge in [-0.05, 0) is 60.5 Å². The Kier molecular flexibility index (Phi) is 8.89. The van der Waals surface area contributed by atoms with E-state index in [9.17, 15) is 33.4 Å². The summed E-state index contributed by atoms with van der Waals surface area (Å²) in [7, 11) is -1.13. The molecule has 42 heavy (non-hydrogen) atoms. The Morgan fingerprint density at radius 1 is 1.10 bits per heavy atom. The zero-order chi connectivity index (χ0) is 30.1. The third-order valence-electron chi connectivity index (χ3n) is 7.94. The predicted molar refractivity (Wildman–Crippen MR) is 159 cm³/mol. The molecule has 4 amide bonds. The first-order valence-corrected chi connectivity index (χ1v) is 15.7. The smallest absolute Gasteiger partial charge is 0.262 e. The molecule has 10 nitrogen and oxygen atoms in total. The molecule has 2 fully saturated rings. The Hall–Kier alpha value is -3.44. The van der Waals surface area contributed by atoms with E-state index in [1.54, 1.807) is 33.9 Å². The highest BCUT2D eigenvalue weighted by atomic mass is 32.1. The number of hydrogen-bond acceptors (Lipinski definition) is 7. The molecule has 2 aromatic carbocycles. The lowest BCUT2D eigenvalue weighted by Crippen LogP contribution is -2.61. The van der Waals surface area contributed by atoms with E-state index in [-0.39, 0.29) is 34.8 Å². The summed E-state index contributed by atoms with van der Waals surface area (Å²) in [5.41, 5.74) is 0.798. The van der Waals surface area contributed by atoms with Crippen LogP contribution in [0.1, 0.15) is 47.3 Å². The number of carbonyl (C=O) groups excluding carboxylic acids is 4. The van der Waals surface area contributed by atoms with E-state index in [0.29, 0.717) is 41.6 Å². The number of hydrogen-bond donors (Lipinski definition) is 3. The molecular formula is C29H32FN4O6PS. The molecule has 5 rings (SSSR count). The minimum atomic E-state index is -2.81. The van der Waals surface area contributed by atoms with Crippen molar-refractivity contribution in [1.29, 1.82) is 0 Å². The fraction of sp³-hybridized carbons (Fsp3) is 0.379. The zero-order valence-corrected chi connectivity index (χ0v) is 24.9. The number of amides is 4. The summed E-state index contributed by atoms with van der Waals surface area (Å²) in [6.07, 6.45) is 1.61. The fourth-order valence-electron chi connectivity index (χ4n) is 5.70. The van der Waals surface area contributed by atoms with Crippen molar-refractivity contribution in [2.24, 2.45) is 0 Å². The SMILES string of the molecule is CC(=O)N1CC[C@H]2CC[C@@H](C(=O)N(C)c3ccccc3)N2C(=O)[C@@H](NC(=O)c2cc3cc(C(F)P(O)O)ccc3s2)C1. The number of rotatable bonds is 6. The zero-order valence-electron chi connectivity index (χ0n) is 23.1. The van der Waals surface area contributed by atoms with Crippen LogP contribution in [0.3, 0.4) is 0 Å². The van der Waals surface area contributed by atoms with Crippen LogP contribution in [-0.4, -0.2) is 81.5 Å². The number of para-hydroxylation sites is 1. The van der Waals surface area contributed by atoms with Gasteiger partial charge in [-0.15, -0.1) is 11.3 Å². The lowest BCUT2D eigenvalue weighted by atomic mass is 10.1. The number of nitrogens with one attached hydrogen (secondary N) is 1. The van der Waals surface area contributed by atoms with Gasteiger partial charge in [0.2, 0.25) is 26.1 Å². The Bertz CT molecular complexity index is 1500. The minimum Gasteiger partial charge on any atom is -0.348 e. The van der Waals surface area contributed by atoms with Gasteiger partial charge in [0, 0.05) is 43.5 Å². The van der Waals surface area contributed by atoms with Crippen LogP contribution in [0.4, 0.5) is 10.1 Å². The van der Waals surface area contributed by atoms with Gasteiger partial charge in [-0.25, -0.2) is 4.39 Å². The van der Waals surface area contributed by atoms with Crippen molar-refractivity contribution in [3.8, 4) is 0 Å². The highest BCUT2D eigenvalue weighted by Gasteiger charge is 2.46. The van der Waals surface area contributed by atoms with Crippen LogP contribution in [0.5, 0.6) is 0 Å². The molecule has 3 aromatic rings. The number of likely N-dealkylation sites (N-methyl/N-ethyl adjacent to an activating group) is 1. The number of thiophene rings is 1. The van der Waals surface area contributed by atoms with Crippen molar-refractivity contribution in [3.63, 3.8) is 0 Å². The van der Waals surface area contributed by atoms with Crippen LogP contribution in [-0.2, 0) is 14.4 Å². The van der Waals surface area contributed by atoms with Crippen molar-refractivity contribution in [3.05, 3.63) is 65.0 Å². The topological polar surface area (TPSA) is 130 Å². The van der Waals surface area contributed by atoms with Crippen molar-refractivity contribution >= 4 is 59.1 Å². The van der Waals surface area contributed by atoms with Crippen molar-refractivity contribution in [2.45, 2.75) is 50.2 Å². The van der Waals surface area contributed by atoms with Gasteiger partial charge >= 0.3 is 0 Å². The van der Waals surface area contributed by atoms with Gasteiger partial charge in [0.25, 0.3) is 5.91 Å². The number of nitrogens with zero attached hydrogens (tertiary/aromatic N) is 3. The van der Waals surface area contributed by atoms with Crippen molar-refractivity contribution in [2.75, 3.05) is 25.0 Å². The van der Waals surface area contributed by atoms with E-state index in [1.807, 2.05) is 30.3 Å². The maximum absolute atomic E-state index is 14.2. The van der Waals surface area contributed by atoms with Crippen LogP contribution in [0.25, 0.3) is 10.1 Å². The van der Waals surface area contributed by atoms with E-state index in [1.165, 1.54) is 19.1 Å². The molecular weight excluding hydrogens is 582 g/mol. The van der Waals surface area contributed by atoms with Crippen LogP contribution < -0.4 is 10.2 Å². The highest BCUT2D eigenvalue weighted by molar-refractivity contribution is 7.45. The highest BCUT2D eigenvalue weighted by Crippen LogP contribution is 2.45. The second-order valence-corrected chi connectivity index (χ2v) is 12.7. The van der Waals surface area contributed by atoms with Gasteiger partial charge in [-0.2, -0.15) is 0 Å². The van der Waals surface area contributed by atoms with E-state index in [2.05, 4.69) is 5.32 Å². The lowest BCUT2D eigenvalue weighted by molar-refractivity contribution is -0.144. The molecule has 0 bridgehead atoms. The summed E-state index contributed by atoms with van der Waals surface area (Å²) >= 11 is 1.15. The van der Waals surface area contributed by atoms with Crippen LogP contribution in [0.15, 0.2) is 54.6 Å². The third-order valence-corrected chi connectivity index (χ3v) is 9.76. The average molecular weight is 615 g/mol. The molecule has 0 radical (unpaired) electrons. The second-order valence-electron chi connectivity index (χ2n) is 10.6. The summed E-state index contributed by atoms with van der Waals surface area (Å²) < 4.78 is 14.9. The Labute approximate surface area is 247 Å². The Balaban J connectivity index is 1.40. The molecule has 2 aliphatic heterocycles. The summed E-state index contributed by atoms with van der Waals surface area (Å²) in [6, 6.07) is 13.2. The fourth-order valence-corrected chi connectivity index (χ4v) is 7.07. The van der Waals surface area contributed by atoms with Crippen LogP contribution in [0, 0.1) is 0 Å². The number of carbonyl (C=O) groups is 4. The monoisotopic (exact) mass is 614 g/mol. The van der Waals surface area contributed by atoms with Crippen LogP contribution >= 0.6 is 19.7 Å². The van der Waals surface area contributed by atoms with Crippen LogP contribution in [0.2, 0.25) is 0 Å². The maximum Gasteiger partial charge on any atom is 0.262 e. The van der Waals surface area contributed by atoms with Gasteiger partial charge in [-0.3, -0.25) is 19.2 Å². The molecule has 13 heteroatoms. The first-order chi connectivity index (χ1) is 20.0. The van der Waals surface area contributed by atoms with E-state index >= 15 is 0 Å². The summed E-state index contributed by atoms with van der Waals surface area (Å²) in [4.78, 5) is 77.0. The molecule has 1 aromatic heterocycles. The number of halogens is 1.